The third-order valence-electron chi connectivity index (χ3n) is 6.25. The van der Waals surface area contributed by atoms with Crippen LogP contribution in [0.2, 0.25) is 0 Å². The Hall–Kier alpha value is -2.29. The first-order valence-electron chi connectivity index (χ1n) is 11.6. The molecule has 2 rings (SSSR count). The van der Waals surface area contributed by atoms with Crippen LogP contribution in [0.15, 0.2) is 41.0 Å². The molecule has 0 bridgehead atoms. The van der Waals surface area contributed by atoms with Gasteiger partial charge >= 0.3 is 0 Å². The van der Waals surface area contributed by atoms with Crippen molar-refractivity contribution in [1.82, 2.24) is 0 Å². The van der Waals surface area contributed by atoms with Crippen LogP contribution >= 0.6 is 0 Å². The van der Waals surface area contributed by atoms with Crippen LogP contribution in [0.4, 0.5) is 0 Å². The highest BCUT2D eigenvalue weighted by atomic mass is 16.5. The predicted octanol–water partition coefficient (Wildman–Crippen LogP) is 7.80. The lowest BCUT2D eigenvalue weighted by atomic mass is 9.86. The van der Waals surface area contributed by atoms with Gasteiger partial charge in [0.1, 0.15) is 17.1 Å². The van der Waals surface area contributed by atoms with Crippen molar-refractivity contribution in [3.05, 3.63) is 57.7 Å². The van der Waals surface area contributed by atoms with Gasteiger partial charge in [-0.25, -0.2) is 0 Å². The number of aldehydes is 1. The minimum atomic E-state index is -0.243. The number of carbonyl (C=O) groups excluding carboxylic acids is 1. The average molecular weight is 425 g/mol. The summed E-state index contributed by atoms with van der Waals surface area (Å²) in [6, 6.07) is 1.63. The second-order valence-corrected chi connectivity index (χ2v) is 9.60. The number of hydrogen-bond acceptors (Lipinski definition) is 3. The van der Waals surface area contributed by atoms with E-state index in [9.17, 15) is 9.90 Å². The van der Waals surface area contributed by atoms with Crippen molar-refractivity contribution in [2.45, 2.75) is 98.5 Å². The second kappa shape index (κ2) is 11.4. The van der Waals surface area contributed by atoms with Gasteiger partial charge in [-0.15, -0.1) is 0 Å². The minimum Gasteiger partial charge on any atom is -0.507 e. The molecular formula is C28H40O3. The summed E-state index contributed by atoms with van der Waals surface area (Å²) in [5.41, 5.74) is 6.17. The fourth-order valence-electron chi connectivity index (χ4n) is 4.21. The van der Waals surface area contributed by atoms with Gasteiger partial charge in [0, 0.05) is 5.56 Å². The van der Waals surface area contributed by atoms with Crippen molar-refractivity contribution in [3.8, 4) is 11.5 Å². The van der Waals surface area contributed by atoms with E-state index < -0.39 is 0 Å². The predicted molar refractivity (Wildman–Crippen MR) is 130 cm³/mol. The van der Waals surface area contributed by atoms with Crippen LogP contribution in [0.3, 0.4) is 0 Å². The molecule has 0 spiro atoms. The van der Waals surface area contributed by atoms with Gasteiger partial charge in [0.25, 0.3) is 0 Å². The molecular weight excluding hydrogens is 384 g/mol. The Balaban J connectivity index is 1.87. The number of rotatable bonds is 10. The summed E-state index contributed by atoms with van der Waals surface area (Å²) in [5, 5.41) is 10.0. The monoisotopic (exact) mass is 424 g/mol. The Bertz CT molecular complexity index is 869. The number of allylic oxidation sites excluding steroid dienone is 6. The van der Waals surface area contributed by atoms with Gasteiger partial charge in [0.05, 0.1) is 5.56 Å². The smallest absolute Gasteiger partial charge is 0.154 e. The van der Waals surface area contributed by atoms with E-state index in [1.54, 1.807) is 6.07 Å². The number of benzene rings is 1. The van der Waals surface area contributed by atoms with Crippen molar-refractivity contribution in [2.75, 3.05) is 0 Å². The first kappa shape index (κ1) is 25.0. The highest BCUT2D eigenvalue weighted by molar-refractivity contribution is 5.83. The second-order valence-electron chi connectivity index (χ2n) is 9.60. The fourth-order valence-corrected chi connectivity index (χ4v) is 4.21. The molecule has 3 heteroatoms. The summed E-state index contributed by atoms with van der Waals surface area (Å²) < 4.78 is 6.38. The molecule has 1 aromatic rings. The maximum absolute atomic E-state index is 11.4. The molecule has 0 saturated carbocycles. The van der Waals surface area contributed by atoms with E-state index in [1.165, 1.54) is 16.7 Å². The van der Waals surface area contributed by atoms with Crippen LogP contribution in [0, 0.1) is 6.92 Å². The van der Waals surface area contributed by atoms with Gasteiger partial charge in [0.15, 0.2) is 6.29 Å². The number of phenols is 1. The molecule has 1 aromatic carbocycles. The van der Waals surface area contributed by atoms with Crippen molar-refractivity contribution in [3.63, 3.8) is 0 Å². The van der Waals surface area contributed by atoms with Crippen LogP contribution in [-0.4, -0.2) is 17.0 Å². The number of ether oxygens (including phenoxy) is 1. The Morgan fingerprint density at radius 1 is 1.06 bits per heavy atom. The zero-order valence-electron chi connectivity index (χ0n) is 20.3. The zero-order chi connectivity index (χ0) is 23.0. The van der Waals surface area contributed by atoms with Crippen LogP contribution in [0.1, 0.15) is 101 Å². The average Bonchev–Trinajstić information content (AvgIpc) is 2.68. The SMILES string of the molecule is CC(C)=CCCC(C)=CCCC(C)=CCCC1(C)CCc2c(C=O)c(O)cc(C)c2O1. The lowest BCUT2D eigenvalue weighted by Gasteiger charge is -2.37. The van der Waals surface area contributed by atoms with Gasteiger partial charge in [-0.3, -0.25) is 4.79 Å². The zero-order valence-corrected chi connectivity index (χ0v) is 20.3. The molecule has 31 heavy (non-hydrogen) atoms. The van der Waals surface area contributed by atoms with Crippen molar-refractivity contribution in [1.29, 1.82) is 0 Å². The standard InChI is InChI=1S/C28H40O3/c1-20(2)10-7-11-21(3)12-8-13-22(4)14-9-16-28(6)17-15-24-25(19-29)26(30)18-23(5)27(24)31-28/h10,12,14,18-19,30H,7-9,11,13,15-17H2,1-6H3. The molecule has 0 radical (unpaired) electrons. The highest BCUT2D eigenvalue weighted by Crippen LogP contribution is 2.42. The van der Waals surface area contributed by atoms with Crippen LogP contribution in [0.25, 0.3) is 0 Å². The molecule has 1 unspecified atom stereocenters. The Kier molecular flexibility index (Phi) is 9.15. The molecule has 1 heterocycles. The van der Waals surface area contributed by atoms with E-state index in [1.807, 2.05) is 6.92 Å². The number of carbonyl (C=O) groups is 1. The lowest BCUT2D eigenvalue weighted by Crippen LogP contribution is -2.36. The summed E-state index contributed by atoms with van der Waals surface area (Å²) in [6.07, 6.45) is 15.8. The van der Waals surface area contributed by atoms with Gasteiger partial charge in [0.2, 0.25) is 0 Å². The fraction of sp³-hybridized carbons (Fsp3) is 0.536. The van der Waals surface area contributed by atoms with Gasteiger partial charge in [-0.05, 0) is 105 Å². The van der Waals surface area contributed by atoms with Gasteiger partial charge in [-0.1, -0.05) is 34.9 Å². The normalized spacial score (nSPS) is 18.9. The van der Waals surface area contributed by atoms with E-state index in [0.29, 0.717) is 5.56 Å². The Morgan fingerprint density at radius 3 is 2.29 bits per heavy atom. The molecule has 1 N–H and O–H groups in total. The highest BCUT2D eigenvalue weighted by Gasteiger charge is 2.33. The maximum atomic E-state index is 11.4. The minimum absolute atomic E-state index is 0.0539. The molecule has 0 amide bonds. The van der Waals surface area contributed by atoms with E-state index in [-0.39, 0.29) is 11.4 Å². The van der Waals surface area contributed by atoms with Crippen molar-refractivity contribution < 1.29 is 14.6 Å². The number of aromatic hydroxyl groups is 1. The summed E-state index contributed by atoms with van der Waals surface area (Å²) >= 11 is 0. The maximum Gasteiger partial charge on any atom is 0.154 e. The van der Waals surface area contributed by atoms with Crippen molar-refractivity contribution >= 4 is 6.29 Å². The summed E-state index contributed by atoms with van der Waals surface area (Å²) in [7, 11) is 0. The molecule has 0 aliphatic carbocycles. The van der Waals surface area contributed by atoms with E-state index in [0.717, 1.165) is 74.5 Å². The molecule has 3 nitrogen and oxygen atoms in total. The number of phenolic OH excluding ortho intramolecular Hbond substituents is 1. The first-order chi connectivity index (χ1) is 14.6. The molecule has 1 aliphatic rings. The summed E-state index contributed by atoms with van der Waals surface area (Å²) in [5.74, 6) is 0.835. The number of aryl methyl sites for hydroxylation is 1. The molecule has 0 aromatic heterocycles. The van der Waals surface area contributed by atoms with E-state index >= 15 is 0 Å². The Morgan fingerprint density at radius 2 is 1.68 bits per heavy atom. The van der Waals surface area contributed by atoms with Crippen LogP contribution < -0.4 is 4.74 Å². The third kappa shape index (κ3) is 7.41. The largest absolute Gasteiger partial charge is 0.507 e. The van der Waals surface area contributed by atoms with Crippen molar-refractivity contribution in [2.24, 2.45) is 0 Å². The number of fused-ring (bicyclic) bond motifs is 1. The topological polar surface area (TPSA) is 46.5 Å². The summed E-state index contributed by atoms with van der Waals surface area (Å²) in [4.78, 5) is 11.4. The van der Waals surface area contributed by atoms with Crippen LogP contribution in [0.5, 0.6) is 11.5 Å². The molecule has 1 atom stereocenters. The lowest BCUT2D eigenvalue weighted by molar-refractivity contribution is 0.0557. The molecule has 170 valence electrons. The van der Waals surface area contributed by atoms with Gasteiger partial charge in [-0.2, -0.15) is 0 Å². The van der Waals surface area contributed by atoms with Gasteiger partial charge < -0.3 is 9.84 Å². The molecule has 0 fully saturated rings. The molecule has 0 saturated heterocycles. The van der Waals surface area contributed by atoms with E-state index in [4.69, 9.17) is 4.74 Å². The molecule has 1 aliphatic heterocycles. The Labute approximate surface area is 188 Å². The quantitative estimate of drug-likeness (QED) is 0.308. The van der Waals surface area contributed by atoms with Crippen LogP contribution in [-0.2, 0) is 6.42 Å². The first-order valence-corrected chi connectivity index (χ1v) is 11.6. The van der Waals surface area contributed by atoms with E-state index in [2.05, 4.69) is 52.8 Å². The summed E-state index contributed by atoms with van der Waals surface area (Å²) in [6.45, 7) is 12.8. The third-order valence-corrected chi connectivity index (χ3v) is 6.25. The number of hydrogen-bond donors (Lipinski definition) is 1.